The Labute approximate surface area is 84.3 Å². The van der Waals surface area contributed by atoms with Crippen LogP contribution in [0, 0.1) is 12.8 Å². The number of aryl methyl sites for hydroxylation is 1. The van der Waals surface area contributed by atoms with Crippen molar-refractivity contribution in [1.82, 2.24) is 15.2 Å². The van der Waals surface area contributed by atoms with E-state index in [2.05, 4.69) is 15.2 Å². The lowest BCUT2D eigenvalue weighted by Crippen LogP contribution is -2.21. The number of aromatic nitrogens is 3. The Morgan fingerprint density at radius 1 is 1.36 bits per heavy atom. The molecule has 0 amide bonds. The summed E-state index contributed by atoms with van der Waals surface area (Å²) in [6.45, 7) is 2.78. The zero-order valence-corrected chi connectivity index (χ0v) is 8.66. The molecule has 0 radical (unpaired) electrons. The van der Waals surface area contributed by atoms with E-state index in [1.807, 2.05) is 6.92 Å². The summed E-state index contributed by atoms with van der Waals surface area (Å²) in [4.78, 5) is 4.39. The number of nitrogens with two attached hydrogens (primary N) is 1. The molecule has 0 bridgehead atoms. The average molecular weight is 194 g/mol. The van der Waals surface area contributed by atoms with Crippen molar-refractivity contribution in [3.8, 4) is 0 Å². The number of hydrogen-bond acceptors (Lipinski definition) is 3. The molecule has 4 heteroatoms. The Morgan fingerprint density at radius 3 is 2.57 bits per heavy atom. The van der Waals surface area contributed by atoms with Gasteiger partial charge in [-0.2, -0.15) is 5.10 Å². The fraction of sp³-hybridized carbons (Fsp3) is 0.800. The summed E-state index contributed by atoms with van der Waals surface area (Å²) >= 11 is 0. The van der Waals surface area contributed by atoms with Crippen molar-refractivity contribution in [2.24, 2.45) is 11.7 Å². The van der Waals surface area contributed by atoms with Gasteiger partial charge < -0.3 is 5.73 Å². The van der Waals surface area contributed by atoms with Crippen LogP contribution in [0.25, 0.3) is 0 Å². The van der Waals surface area contributed by atoms with Crippen molar-refractivity contribution in [1.29, 1.82) is 0 Å². The Kier molecular flexibility index (Phi) is 2.82. The van der Waals surface area contributed by atoms with Gasteiger partial charge >= 0.3 is 0 Å². The predicted molar refractivity (Wildman–Crippen MR) is 54.9 cm³/mol. The zero-order valence-electron chi connectivity index (χ0n) is 8.66. The Bertz CT molecular complexity index is 286. The van der Waals surface area contributed by atoms with Gasteiger partial charge in [-0.1, -0.05) is 0 Å². The minimum atomic E-state index is 0.558. The predicted octanol–water partition coefficient (Wildman–Crippen LogP) is 1.35. The van der Waals surface area contributed by atoms with Crippen molar-refractivity contribution < 1.29 is 0 Å². The van der Waals surface area contributed by atoms with Gasteiger partial charge in [0, 0.05) is 5.92 Å². The van der Waals surface area contributed by atoms with Crippen LogP contribution in [0.5, 0.6) is 0 Å². The molecule has 0 unspecified atom stereocenters. The highest BCUT2D eigenvalue weighted by atomic mass is 15.2. The maximum atomic E-state index is 5.65. The van der Waals surface area contributed by atoms with Gasteiger partial charge in [0.15, 0.2) is 5.82 Å². The Morgan fingerprint density at radius 2 is 2.07 bits per heavy atom. The number of nitrogens with zero attached hydrogens (tertiary/aromatic N) is 2. The standard InChI is InChI=1S/C10H18N4/c1-7-12-10(14-13-7)9-4-2-8(6-11)3-5-9/h8-9H,2-6,11H2,1H3,(H,12,13,14). The molecule has 1 saturated carbocycles. The third-order valence-electron chi connectivity index (χ3n) is 3.16. The van der Waals surface area contributed by atoms with Crippen LogP contribution in [0.1, 0.15) is 43.3 Å². The van der Waals surface area contributed by atoms with Crippen LogP contribution in [0.15, 0.2) is 0 Å². The summed E-state index contributed by atoms with van der Waals surface area (Å²) in [5.41, 5.74) is 5.65. The second-order valence-corrected chi connectivity index (χ2v) is 4.23. The molecule has 1 aromatic rings. The largest absolute Gasteiger partial charge is 0.330 e. The van der Waals surface area contributed by atoms with Crippen LogP contribution in [0.4, 0.5) is 0 Å². The molecule has 1 heterocycles. The van der Waals surface area contributed by atoms with Crippen molar-refractivity contribution in [2.75, 3.05) is 6.54 Å². The monoisotopic (exact) mass is 194 g/mol. The molecule has 1 aromatic heterocycles. The molecule has 0 atom stereocenters. The molecule has 1 aliphatic carbocycles. The molecule has 2 rings (SSSR count). The SMILES string of the molecule is Cc1nc(C2CCC(CN)CC2)n[nH]1. The first-order valence-corrected chi connectivity index (χ1v) is 5.38. The minimum Gasteiger partial charge on any atom is -0.330 e. The van der Waals surface area contributed by atoms with Gasteiger partial charge in [0.1, 0.15) is 5.82 Å². The van der Waals surface area contributed by atoms with E-state index in [0.717, 1.165) is 24.1 Å². The summed E-state index contributed by atoms with van der Waals surface area (Å²) < 4.78 is 0. The van der Waals surface area contributed by atoms with Crippen molar-refractivity contribution in [3.63, 3.8) is 0 Å². The molecular weight excluding hydrogens is 176 g/mol. The summed E-state index contributed by atoms with van der Waals surface area (Å²) in [5.74, 6) is 3.20. The van der Waals surface area contributed by atoms with Crippen molar-refractivity contribution in [3.05, 3.63) is 11.6 Å². The van der Waals surface area contributed by atoms with Crippen molar-refractivity contribution >= 4 is 0 Å². The van der Waals surface area contributed by atoms with Crippen LogP contribution in [-0.2, 0) is 0 Å². The molecule has 3 N–H and O–H groups in total. The molecule has 0 saturated heterocycles. The molecule has 0 spiro atoms. The Hall–Kier alpha value is -0.900. The van der Waals surface area contributed by atoms with E-state index >= 15 is 0 Å². The quantitative estimate of drug-likeness (QED) is 0.746. The molecule has 78 valence electrons. The van der Waals surface area contributed by atoms with Crippen LogP contribution in [-0.4, -0.2) is 21.7 Å². The minimum absolute atomic E-state index is 0.558. The van der Waals surface area contributed by atoms with E-state index < -0.39 is 0 Å². The number of nitrogens with one attached hydrogen (secondary N) is 1. The fourth-order valence-corrected chi connectivity index (χ4v) is 2.20. The maximum Gasteiger partial charge on any atom is 0.153 e. The molecule has 4 nitrogen and oxygen atoms in total. The summed E-state index contributed by atoms with van der Waals surface area (Å²) in [7, 11) is 0. The van der Waals surface area contributed by atoms with E-state index in [0.29, 0.717) is 5.92 Å². The van der Waals surface area contributed by atoms with Crippen LogP contribution in [0.3, 0.4) is 0 Å². The lowest BCUT2D eigenvalue weighted by molar-refractivity contribution is 0.326. The van der Waals surface area contributed by atoms with Crippen LogP contribution in [0.2, 0.25) is 0 Å². The lowest BCUT2D eigenvalue weighted by atomic mass is 9.82. The Balaban J connectivity index is 1.95. The maximum absolute atomic E-state index is 5.65. The van der Waals surface area contributed by atoms with Gasteiger partial charge in [-0.05, 0) is 45.1 Å². The van der Waals surface area contributed by atoms with Crippen LogP contribution >= 0.6 is 0 Å². The van der Waals surface area contributed by atoms with Crippen molar-refractivity contribution in [2.45, 2.75) is 38.5 Å². The number of hydrogen-bond donors (Lipinski definition) is 2. The van der Waals surface area contributed by atoms with Crippen LogP contribution < -0.4 is 5.73 Å². The molecule has 0 aromatic carbocycles. The average Bonchev–Trinajstić information content (AvgIpc) is 2.65. The second kappa shape index (κ2) is 4.09. The van der Waals surface area contributed by atoms with Gasteiger partial charge in [-0.3, -0.25) is 5.10 Å². The zero-order chi connectivity index (χ0) is 9.97. The summed E-state index contributed by atoms with van der Waals surface area (Å²) in [6, 6.07) is 0. The summed E-state index contributed by atoms with van der Waals surface area (Å²) in [5, 5.41) is 7.13. The topological polar surface area (TPSA) is 67.6 Å². The van der Waals surface area contributed by atoms with Gasteiger partial charge in [0.05, 0.1) is 0 Å². The number of H-pyrrole nitrogens is 1. The molecule has 0 aliphatic heterocycles. The number of rotatable bonds is 2. The number of aromatic amines is 1. The summed E-state index contributed by atoms with van der Waals surface area (Å²) in [6.07, 6.45) is 4.85. The molecule has 1 aliphatic rings. The molecular formula is C10H18N4. The first kappa shape index (κ1) is 9.65. The first-order valence-electron chi connectivity index (χ1n) is 5.38. The molecule has 14 heavy (non-hydrogen) atoms. The van der Waals surface area contributed by atoms with E-state index in [9.17, 15) is 0 Å². The van der Waals surface area contributed by atoms with E-state index in [-0.39, 0.29) is 0 Å². The van der Waals surface area contributed by atoms with E-state index in [4.69, 9.17) is 5.73 Å². The lowest BCUT2D eigenvalue weighted by Gasteiger charge is -2.25. The van der Waals surface area contributed by atoms with E-state index in [1.54, 1.807) is 0 Å². The first-order chi connectivity index (χ1) is 6.79. The third-order valence-corrected chi connectivity index (χ3v) is 3.16. The highest BCUT2D eigenvalue weighted by molar-refractivity contribution is 4.98. The third kappa shape index (κ3) is 1.95. The van der Waals surface area contributed by atoms with Gasteiger partial charge in [0.2, 0.25) is 0 Å². The highest BCUT2D eigenvalue weighted by Crippen LogP contribution is 2.33. The highest BCUT2D eigenvalue weighted by Gasteiger charge is 2.23. The van der Waals surface area contributed by atoms with Gasteiger partial charge in [-0.15, -0.1) is 0 Å². The molecule has 1 fully saturated rings. The second-order valence-electron chi connectivity index (χ2n) is 4.23. The normalized spacial score (nSPS) is 27.9. The van der Waals surface area contributed by atoms with Gasteiger partial charge in [0.25, 0.3) is 0 Å². The van der Waals surface area contributed by atoms with Gasteiger partial charge in [-0.25, -0.2) is 4.98 Å². The van der Waals surface area contributed by atoms with E-state index in [1.165, 1.54) is 25.7 Å². The smallest absolute Gasteiger partial charge is 0.153 e. The fourth-order valence-electron chi connectivity index (χ4n) is 2.20.